The van der Waals surface area contributed by atoms with Crippen molar-refractivity contribution >= 4 is 11.6 Å². The van der Waals surface area contributed by atoms with Crippen molar-refractivity contribution in [1.29, 1.82) is 0 Å². The lowest BCUT2D eigenvalue weighted by Crippen LogP contribution is -2.29. The maximum absolute atomic E-state index is 11.9. The minimum Gasteiger partial charge on any atom is -0.399 e. The van der Waals surface area contributed by atoms with Gasteiger partial charge in [-0.25, -0.2) is 0 Å². The molecule has 1 aliphatic heterocycles. The predicted molar refractivity (Wildman–Crippen MR) is 67.8 cm³/mol. The molecule has 1 aliphatic rings. The molecular formula is C13H18N2O3. The summed E-state index contributed by atoms with van der Waals surface area (Å²) in [6.07, 6.45) is 0. The molecule has 0 fully saturated rings. The number of rotatable bonds is 5. The maximum Gasteiger partial charge on any atom is 0.249 e. The summed E-state index contributed by atoms with van der Waals surface area (Å²) in [5, 5.41) is 0. The quantitative estimate of drug-likeness (QED) is 0.619. The number of benzene rings is 1. The van der Waals surface area contributed by atoms with Crippen molar-refractivity contribution in [2.24, 2.45) is 0 Å². The zero-order chi connectivity index (χ0) is 13.0. The van der Waals surface area contributed by atoms with Crippen LogP contribution in [0.3, 0.4) is 0 Å². The van der Waals surface area contributed by atoms with Crippen LogP contribution in [0.15, 0.2) is 18.2 Å². The summed E-state index contributed by atoms with van der Waals surface area (Å²) in [4.78, 5) is 13.7. The van der Waals surface area contributed by atoms with E-state index in [0.29, 0.717) is 26.3 Å². The zero-order valence-electron chi connectivity index (χ0n) is 10.5. The standard InChI is InChI=1S/C13H18N2O3/c1-17-4-5-18-9-13(16)15-7-10-2-3-12(14)6-11(10)8-15/h2-3,6H,4-5,7-9,14H2,1H3. The number of nitrogens with two attached hydrogens (primary N) is 1. The molecule has 0 aromatic heterocycles. The fourth-order valence-electron chi connectivity index (χ4n) is 1.98. The molecule has 1 heterocycles. The molecule has 0 saturated carbocycles. The van der Waals surface area contributed by atoms with Crippen molar-refractivity contribution in [2.45, 2.75) is 13.1 Å². The lowest BCUT2D eigenvalue weighted by molar-refractivity contribution is -0.137. The van der Waals surface area contributed by atoms with E-state index in [0.717, 1.165) is 16.8 Å². The van der Waals surface area contributed by atoms with Crippen LogP contribution in [0, 0.1) is 0 Å². The Hall–Kier alpha value is -1.59. The molecule has 18 heavy (non-hydrogen) atoms. The van der Waals surface area contributed by atoms with Gasteiger partial charge in [0.1, 0.15) is 6.61 Å². The van der Waals surface area contributed by atoms with E-state index in [4.69, 9.17) is 15.2 Å². The monoisotopic (exact) mass is 250 g/mol. The second kappa shape index (κ2) is 5.84. The second-order valence-corrected chi connectivity index (χ2v) is 4.32. The van der Waals surface area contributed by atoms with E-state index in [1.165, 1.54) is 0 Å². The molecule has 0 atom stereocenters. The average molecular weight is 250 g/mol. The first kappa shape index (κ1) is 12.9. The molecule has 0 spiro atoms. The van der Waals surface area contributed by atoms with Crippen LogP contribution in [0.5, 0.6) is 0 Å². The fourth-order valence-corrected chi connectivity index (χ4v) is 1.98. The van der Waals surface area contributed by atoms with Gasteiger partial charge in [0.15, 0.2) is 0 Å². The first-order valence-electron chi connectivity index (χ1n) is 5.92. The number of hydrogen-bond donors (Lipinski definition) is 1. The van der Waals surface area contributed by atoms with Gasteiger partial charge in [0.25, 0.3) is 0 Å². The van der Waals surface area contributed by atoms with Crippen LogP contribution in [0.1, 0.15) is 11.1 Å². The summed E-state index contributed by atoms with van der Waals surface area (Å²) >= 11 is 0. The third-order valence-corrected chi connectivity index (χ3v) is 2.96. The van der Waals surface area contributed by atoms with Crippen molar-refractivity contribution in [2.75, 3.05) is 32.7 Å². The highest BCUT2D eigenvalue weighted by molar-refractivity contribution is 5.78. The summed E-state index contributed by atoms with van der Waals surface area (Å²) in [7, 11) is 1.60. The molecule has 1 aromatic carbocycles. The van der Waals surface area contributed by atoms with E-state index in [-0.39, 0.29) is 12.5 Å². The number of carbonyl (C=O) groups excluding carboxylic acids is 1. The van der Waals surface area contributed by atoms with Gasteiger partial charge < -0.3 is 20.1 Å². The lowest BCUT2D eigenvalue weighted by Gasteiger charge is -2.15. The van der Waals surface area contributed by atoms with E-state index in [2.05, 4.69) is 0 Å². The van der Waals surface area contributed by atoms with Gasteiger partial charge in [0.05, 0.1) is 13.2 Å². The number of fused-ring (bicyclic) bond motifs is 1. The normalized spacial score (nSPS) is 13.7. The molecule has 2 rings (SSSR count). The van der Waals surface area contributed by atoms with Gasteiger partial charge in [-0.2, -0.15) is 0 Å². The van der Waals surface area contributed by atoms with Crippen LogP contribution in [-0.2, 0) is 27.4 Å². The van der Waals surface area contributed by atoms with Crippen molar-refractivity contribution in [3.8, 4) is 0 Å². The molecule has 2 N–H and O–H groups in total. The Bertz CT molecular complexity index is 434. The number of hydrogen-bond acceptors (Lipinski definition) is 4. The van der Waals surface area contributed by atoms with Gasteiger partial charge in [-0.1, -0.05) is 6.07 Å². The Morgan fingerprint density at radius 2 is 2.11 bits per heavy atom. The topological polar surface area (TPSA) is 64.8 Å². The van der Waals surface area contributed by atoms with Crippen LogP contribution in [0.4, 0.5) is 5.69 Å². The number of anilines is 1. The van der Waals surface area contributed by atoms with Crippen molar-refractivity contribution in [3.05, 3.63) is 29.3 Å². The molecule has 5 heteroatoms. The Morgan fingerprint density at radius 3 is 2.89 bits per heavy atom. The number of nitrogens with zero attached hydrogens (tertiary/aromatic N) is 1. The maximum atomic E-state index is 11.9. The van der Waals surface area contributed by atoms with Crippen LogP contribution in [0.25, 0.3) is 0 Å². The fraction of sp³-hybridized carbons (Fsp3) is 0.462. The molecule has 0 unspecified atom stereocenters. The molecule has 1 amide bonds. The minimum absolute atomic E-state index is 0.000810. The van der Waals surface area contributed by atoms with E-state index >= 15 is 0 Å². The van der Waals surface area contributed by atoms with Gasteiger partial charge in [0, 0.05) is 25.9 Å². The van der Waals surface area contributed by atoms with Crippen molar-refractivity contribution in [3.63, 3.8) is 0 Å². The van der Waals surface area contributed by atoms with Gasteiger partial charge in [0.2, 0.25) is 5.91 Å². The summed E-state index contributed by atoms with van der Waals surface area (Å²) in [5.41, 5.74) is 8.75. The van der Waals surface area contributed by atoms with Crippen LogP contribution in [0.2, 0.25) is 0 Å². The number of carbonyl (C=O) groups is 1. The van der Waals surface area contributed by atoms with Gasteiger partial charge in [-0.05, 0) is 23.3 Å². The van der Waals surface area contributed by atoms with Crippen molar-refractivity contribution in [1.82, 2.24) is 4.90 Å². The highest BCUT2D eigenvalue weighted by atomic mass is 16.5. The number of ether oxygens (including phenoxy) is 2. The highest BCUT2D eigenvalue weighted by Crippen LogP contribution is 2.24. The molecular weight excluding hydrogens is 232 g/mol. The Labute approximate surface area is 106 Å². The molecule has 1 aromatic rings. The summed E-state index contributed by atoms with van der Waals surface area (Å²) in [6.45, 7) is 2.31. The molecule has 0 aliphatic carbocycles. The first-order valence-corrected chi connectivity index (χ1v) is 5.92. The summed E-state index contributed by atoms with van der Waals surface area (Å²) in [5.74, 6) is 0.000810. The van der Waals surface area contributed by atoms with Gasteiger partial charge >= 0.3 is 0 Å². The Kier molecular flexibility index (Phi) is 4.17. The third-order valence-electron chi connectivity index (χ3n) is 2.96. The Balaban J connectivity index is 1.84. The predicted octanol–water partition coefficient (Wildman–Crippen LogP) is 0.774. The van der Waals surface area contributed by atoms with Gasteiger partial charge in [-0.3, -0.25) is 4.79 Å². The SMILES string of the molecule is COCCOCC(=O)N1Cc2ccc(N)cc2C1. The molecule has 0 saturated heterocycles. The number of nitrogen functional groups attached to an aromatic ring is 1. The van der Waals surface area contributed by atoms with Crippen LogP contribution >= 0.6 is 0 Å². The second-order valence-electron chi connectivity index (χ2n) is 4.32. The van der Waals surface area contributed by atoms with Crippen LogP contribution < -0.4 is 5.73 Å². The van der Waals surface area contributed by atoms with Crippen LogP contribution in [-0.4, -0.2) is 37.7 Å². The summed E-state index contributed by atoms with van der Waals surface area (Å²) < 4.78 is 10.1. The lowest BCUT2D eigenvalue weighted by atomic mass is 10.1. The largest absolute Gasteiger partial charge is 0.399 e. The van der Waals surface area contributed by atoms with Gasteiger partial charge in [-0.15, -0.1) is 0 Å². The van der Waals surface area contributed by atoms with E-state index in [1.807, 2.05) is 18.2 Å². The van der Waals surface area contributed by atoms with E-state index in [9.17, 15) is 4.79 Å². The molecule has 5 nitrogen and oxygen atoms in total. The number of methoxy groups -OCH3 is 1. The minimum atomic E-state index is 0.000810. The zero-order valence-corrected chi connectivity index (χ0v) is 10.5. The first-order chi connectivity index (χ1) is 8.70. The Morgan fingerprint density at radius 1 is 1.33 bits per heavy atom. The molecule has 0 radical (unpaired) electrons. The van der Waals surface area contributed by atoms with E-state index in [1.54, 1.807) is 12.0 Å². The number of amides is 1. The summed E-state index contributed by atoms with van der Waals surface area (Å²) in [6, 6.07) is 5.76. The molecule has 0 bridgehead atoms. The van der Waals surface area contributed by atoms with Crippen molar-refractivity contribution < 1.29 is 14.3 Å². The van der Waals surface area contributed by atoms with E-state index < -0.39 is 0 Å². The third kappa shape index (κ3) is 3.00. The molecule has 98 valence electrons. The average Bonchev–Trinajstić information content (AvgIpc) is 2.77. The highest BCUT2D eigenvalue weighted by Gasteiger charge is 2.23. The smallest absolute Gasteiger partial charge is 0.249 e.